The third kappa shape index (κ3) is 4.61. The van der Waals surface area contributed by atoms with Crippen molar-refractivity contribution >= 4 is 28.3 Å². The molecule has 1 aliphatic rings. The molecule has 1 N–H and O–H groups in total. The molecule has 1 saturated carbocycles. The van der Waals surface area contributed by atoms with Gasteiger partial charge in [-0.15, -0.1) is 11.3 Å². The Morgan fingerprint density at radius 1 is 1.33 bits per heavy atom. The molecule has 0 saturated heterocycles. The van der Waals surface area contributed by atoms with Crippen molar-refractivity contribution in [2.24, 2.45) is 13.0 Å². The first-order chi connectivity index (χ1) is 14.2. The molecule has 0 spiro atoms. The minimum Gasteiger partial charge on any atom is -0.475 e. The Morgan fingerprint density at radius 2 is 2.10 bits per heavy atom. The highest BCUT2D eigenvalue weighted by Gasteiger charge is 2.42. The smallest absolute Gasteiger partial charge is 0.422 e. The van der Waals surface area contributed by atoms with Crippen molar-refractivity contribution in [3.63, 3.8) is 0 Å². The van der Waals surface area contributed by atoms with Crippen LogP contribution >= 0.6 is 11.3 Å². The lowest BCUT2D eigenvalue weighted by Crippen LogP contribution is -2.26. The summed E-state index contributed by atoms with van der Waals surface area (Å²) in [5.74, 6) is 1.46. The maximum atomic E-state index is 12.5. The SMILES string of the molecule is C[C@@H](NC(=O)C[C@H]1C[C@H]1c1nc2ccccc2n1C)c1ccc(OCC(F)(F)F)s1. The predicted octanol–water partition coefficient (Wildman–Crippen LogP) is 4.95. The third-order valence-corrected chi connectivity index (χ3v) is 6.49. The van der Waals surface area contributed by atoms with Crippen molar-refractivity contribution in [2.45, 2.75) is 37.9 Å². The largest absolute Gasteiger partial charge is 0.475 e. The van der Waals surface area contributed by atoms with E-state index < -0.39 is 12.8 Å². The van der Waals surface area contributed by atoms with Crippen molar-refractivity contribution in [3.05, 3.63) is 47.1 Å². The number of fused-ring (bicyclic) bond motifs is 1. The number of imidazole rings is 1. The fourth-order valence-electron chi connectivity index (χ4n) is 3.69. The first-order valence-corrected chi connectivity index (χ1v) is 10.5. The molecule has 1 aromatic carbocycles. The average Bonchev–Trinajstić information content (AvgIpc) is 3.12. The molecule has 0 aliphatic heterocycles. The number of alkyl halides is 3. The summed E-state index contributed by atoms with van der Waals surface area (Å²) in [6.07, 6.45) is -3.04. The van der Waals surface area contributed by atoms with Gasteiger partial charge in [0.2, 0.25) is 5.91 Å². The van der Waals surface area contributed by atoms with Gasteiger partial charge in [0.1, 0.15) is 5.82 Å². The molecule has 3 atom stereocenters. The third-order valence-electron chi connectivity index (χ3n) is 5.31. The number of halogens is 3. The molecule has 9 heteroatoms. The maximum absolute atomic E-state index is 12.5. The molecule has 0 unspecified atom stereocenters. The van der Waals surface area contributed by atoms with Gasteiger partial charge < -0.3 is 14.6 Å². The number of thiophene rings is 1. The van der Waals surface area contributed by atoms with E-state index in [1.54, 1.807) is 6.07 Å². The second kappa shape index (κ2) is 7.94. The van der Waals surface area contributed by atoms with Crippen molar-refractivity contribution < 1.29 is 22.7 Å². The predicted molar refractivity (Wildman–Crippen MR) is 109 cm³/mol. The first kappa shape index (κ1) is 20.7. The summed E-state index contributed by atoms with van der Waals surface area (Å²) in [5.41, 5.74) is 2.04. The van der Waals surface area contributed by atoms with Crippen LogP contribution < -0.4 is 10.1 Å². The quantitative estimate of drug-likeness (QED) is 0.569. The zero-order chi connectivity index (χ0) is 21.5. The monoisotopic (exact) mass is 437 g/mol. The van der Waals surface area contributed by atoms with E-state index in [0.29, 0.717) is 6.42 Å². The Labute approximate surface area is 175 Å². The second-order valence-electron chi connectivity index (χ2n) is 7.67. The summed E-state index contributed by atoms with van der Waals surface area (Å²) in [6.45, 7) is 0.492. The molecule has 2 aromatic heterocycles. The van der Waals surface area contributed by atoms with Gasteiger partial charge in [0.25, 0.3) is 0 Å². The number of nitrogens with one attached hydrogen (secondary N) is 1. The van der Waals surface area contributed by atoms with E-state index in [4.69, 9.17) is 9.72 Å². The summed E-state index contributed by atoms with van der Waals surface area (Å²) < 4.78 is 43.6. The number of hydrogen-bond acceptors (Lipinski definition) is 4. The summed E-state index contributed by atoms with van der Waals surface area (Å²) in [6, 6.07) is 10.8. The Balaban J connectivity index is 1.30. The van der Waals surface area contributed by atoms with Crippen LogP contribution in [0.1, 0.15) is 42.4 Å². The van der Waals surface area contributed by atoms with Crippen LogP contribution in [0.5, 0.6) is 5.06 Å². The van der Waals surface area contributed by atoms with Crippen molar-refractivity contribution in [3.8, 4) is 5.06 Å². The Bertz CT molecular complexity index is 1060. The molecule has 1 amide bonds. The molecule has 0 radical (unpaired) electrons. The fourth-order valence-corrected chi connectivity index (χ4v) is 4.55. The van der Waals surface area contributed by atoms with Gasteiger partial charge in [-0.1, -0.05) is 12.1 Å². The lowest BCUT2D eigenvalue weighted by molar-refractivity contribution is -0.152. The van der Waals surface area contributed by atoms with E-state index in [9.17, 15) is 18.0 Å². The number of carbonyl (C=O) groups is 1. The number of hydrogen-bond donors (Lipinski definition) is 1. The molecule has 1 fully saturated rings. The summed E-state index contributed by atoms with van der Waals surface area (Å²) in [7, 11) is 2.00. The van der Waals surface area contributed by atoms with Crippen LogP contribution in [-0.2, 0) is 11.8 Å². The minimum absolute atomic E-state index is 0.0695. The molecule has 2 heterocycles. The molecule has 1 aliphatic carbocycles. The van der Waals surface area contributed by atoms with Crippen LogP contribution in [0.25, 0.3) is 11.0 Å². The van der Waals surface area contributed by atoms with Crippen molar-refractivity contribution in [2.75, 3.05) is 6.61 Å². The van der Waals surface area contributed by atoms with Crippen molar-refractivity contribution in [1.29, 1.82) is 0 Å². The highest BCUT2D eigenvalue weighted by Crippen LogP contribution is 2.49. The fraction of sp³-hybridized carbons (Fsp3) is 0.429. The Kier molecular flexibility index (Phi) is 5.48. The lowest BCUT2D eigenvalue weighted by atomic mass is 10.2. The van der Waals surface area contributed by atoms with Gasteiger partial charge in [-0.25, -0.2) is 4.98 Å². The van der Waals surface area contributed by atoms with Gasteiger partial charge in [0.05, 0.1) is 17.1 Å². The highest BCUT2D eigenvalue weighted by molar-refractivity contribution is 7.13. The summed E-state index contributed by atoms with van der Waals surface area (Å²) in [4.78, 5) is 17.9. The molecule has 4 rings (SSSR count). The molecule has 5 nitrogen and oxygen atoms in total. The first-order valence-electron chi connectivity index (χ1n) is 9.71. The molecule has 0 bridgehead atoms. The van der Waals surface area contributed by atoms with E-state index in [1.165, 1.54) is 6.07 Å². The molecule has 160 valence electrons. The van der Waals surface area contributed by atoms with Gasteiger partial charge in [-0.05, 0) is 43.5 Å². The van der Waals surface area contributed by atoms with Crippen LogP contribution in [0.4, 0.5) is 13.2 Å². The van der Waals surface area contributed by atoms with Gasteiger partial charge in [0, 0.05) is 24.3 Å². The number of aromatic nitrogens is 2. The zero-order valence-electron chi connectivity index (χ0n) is 16.6. The standard InChI is InChI=1S/C21H22F3N3O2S/c1-12(17-7-8-19(30-17)29-11-21(22,23)24)25-18(28)10-13-9-14(13)20-26-15-5-3-4-6-16(15)27(20)2/h3-8,12-14H,9-11H2,1-2H3,(H,25,28)/t12-,13-,14-/m1/s1. The summed E-state index contributed by atoms with van der Waals surface area (Å²) >= 11 is 1.11. The summed E-state index contributed by atoms with van der Waals surface area (Å²) in [5, 5.41) is 3.12. The van der Waals surface area contributed by atoms with Crippen LogP contribution in [0.3, 0.4) is 0 Å². The van der Waals surface area contributed by atoms with Gasteiger partial charge >= 0.3 is 6.18 Å². The number of para-hydroxylation sites is 2. The topological polar surface area (TPSA) is 56.2 Å². The van der Waals surface area contributed by atoms with Gasteiger partial charge in [0.15, 0.2) is 11.7 Å². The molecule has 3 aromatic rings. The van der Waals surface area contributed by atoms with Crippen LogP contribution in [0, 0.1) is 5.92 Å². The van der Waals surface area contributed by atoms with Gasteiger partial charge in [-0.2, -0.15) is 13.2 Å². The molecular formula is C21H22F3N3O2S. The van der Waals surface area contributed by atoms with Crippen LogP contribution in [0.15, 0.2) is 36.4 Å². The molecular weight excluding hydrogens is 415 g/mol. The Morgan fingerprint density at radius 3 is 2.83 bits per heavy atom. The van der Waals surface area contributed by atoms with Crippen LogP contribution in [0.2, 0.25) is 0 Å². The number of nitrogens with zero attached hydrogens (tertiary/aromatic N) is 2. The van der Waals surface area contributed by atoms with E-state index in [1.807, 2.05) is 38.2 Å². The number of aryl methyl sites for hydroxylation is 1. The number of amides is 1. The van der Waals surface area contributed by atoms with Crippen LogP contribution in [-0.4, -0.2) is 28.2 Å². The average molecular weight is 437 g/mol. The number of carbonyl (C=O) groups excluding carboxylic acids is 1. The number of rotatable bonds is 7. The maximum Gasteiger partial charge on any atom is 0.422 e. The number of benzene rings is 1. The van der Waals surface area contributed by atoms with E-state index in [2.05, 4.69) is 9.88 Å². The number of ether oxygens (including phenoxy) is 1. The van der Waals surface area contributed by atoms with Crippen molar-refractivity contribution in [1.82, 2.24) is 14.9 Å². The highest BCUT2D eigenvalue weighted by atomic mass is 32.1. The van der Waals surface area contributed by atoms with Gasteiger partial charge in [-0.3, -0.25) is 4.79 Å². The zero-order valence-corrected chi connectivity index (χ0v) is 17.4. The second-order valence-corrected chi connectivity index (χ2v) is 8.75. The van der Waals surface area contributed by atoms with E-state index >= 15 is 0 Å². The lowest BCUT2D eigenvalue weighted by Gasteiger charge is -2.12. The normalized spacial score (nSPS) is 19.6. The molecule has 30 heavy (non-hydrogen) atoms. The van der Waals surface area contributed by atoms with E-state index in [0.717, 1.165) is 39.5 Å². The minimum atomic E-state index is -4.37. The Hall–Kier alpha value is -2.55. The van der Waals surface area contributed by atoms with E-state index in [-0.39, 0.29) is 28.8 Å².